The standard InChI is InChI=1S/C17H16BrN3/c1-2-21-17(13-8-14(18)10-20-9-13)15-5-3-4-12-6-7-19-11-16(12)15/h3-11,17,21H,2H2,1H3. The molecule has 0 aliphatic carbocycles. The van der Waals surface area contributed by atoms with Gasteiger partial charge in [0.25, 0.3) is 0 Å². The van der Waals surface area contributed by atoms with E-state index in [2.05, 4.69) is 62.4 Å². The van der Waals surface area contributed by atoms with E-state index in [1.54, 1.807) is 6.20 Å². The second-order valence-corrected chi connectivity index (χ2v) is 5.79. The molecule has 3 rings (SSSR count). The van der Waals surface area contributed by atoms with Gasteiger partial charge in [0.1, 0.15) is 0 Å². The third kappa shape index (κ3) is 2.96. The van der Waals surface area contributed by atoms with E-state index in [1.165, 1.54) is 16.3 Å². The molecule has 1 atom stereocenters. The van der Waals surface area contributed by atoms with Crippen LogP contribution in [0.1, 0.15) is 24.1 Å². The average molecular weight is 342 g/mol. The lowest BCUT2D eigenvalue weighted by molar-refractivity contribution is 0.632. The van der Waals surface area contributed by atoms with Crippen LogP contribution in [-0.2, 0) is 0 Å². The first-order chi connectivity index (χ1) is 10.3. The molecular weight excluding hydrogens is 326 g/mol. The maximum Gasteiger partial charge on any atom is 0.0598 e. The van der Waals surface area contributed by atoms with Crippen molar-refractivity contribution in [3.63, 3.8) is 0 Å². The van der Waals surface area contributed by atoms with Crippen LogP contribution < -0.4 is 5.32 Å². The summed E-state index contributed by atoms with van der Waals surface area (Å²) in [6, 6.07) is 10.6. The molecule has 3 nitrogen and oxygen atoms in total. The van der Waals surface area contributed by atoms with E-state index in [4.69, 9.17) is 0 Å². The highest BCUT2D eigenvalue weighted by Gasteiger charge is 2.16. The van der Waals surface area contributed by atoms with Gasteiger partial charge < -0.3 is 5.32 Å². The molecule has 0 spiro atoms. The first-order valence-electron chi connectivity index (χ1n) is 6.96. The highest BCUT2D eigenvalue weighted by Crippen LogP contribution is 2.29. The summed E-state index contributed by atoms with van der Waals surface area (Å²) in [7, 11) is 0. The van der Waals surface area contributed by atoms with E-state index in [0.29, 0.717) is 0 Å². The second kappa shape index (κ2) is 6.33. The van der Waals surface area contributed by atoms with Gasteiger partial charge in [-0.3, -0.25) is 9.97 Å². The van der Waals surface area contributed by atoms with Crippen molar-refractivity contribution in [2.75, 3.05) is 6.54 Å². The Balaban J connectivity index is 2.16. The monoisotopic (exact) mass is 341 g/mol. The zero-order valence-corrected chi connectivity index (χ0v) is 13.3. The van der Waals surface area contributed by atoms with Gasteiger partial charge in [0.05, 0.1) is 6.04 Å². The molecule has 0 amide bonds. The van der Waals surface area contributed by atoms with Gasteiger partial charge in [-0.1, -0.05) is 25.1 Å². The number of fused-ring (bicyclic) bond motifs is 1. The lowest BCUT2D eigenvalue weighted by atomic mass is 9.95. The summed E-state index contributed by atoms with van der Waals surface area (Å²) < 4.78 is 0.987. The number of hydrogen-bond acceptors (Lipinski definition) is 3. The van der Waals surface area contributed by atoms with E-state index in [9.17, 15) is 0 Å². The van der Waals surface area contributed by atoms with Crippen molar-refractivity contribution in [1.82, 2.24) is 15.3 Å². The fraction of sp³-hybridized carbons (Fsp3) is 0.176. The van der Waals surface area contributed by atoms with Gasteiger partial charge in [0.15, 0.2) is 0 Å². The van der Waals surface area contributed by atoms with Crippen LogP contribution in [0.2, 0.25) is 0 Å². The van der Waals surface area contributed by atoms with Gasteiger partial charge in [0.2, 0.25) is 0 Å². The van der Waals surface area contributed by atoms with Crippen LogP contribution in [0.3, 0.4) is 0 Å². The van der Waals surface area contributed by atoms with Crippen LogP contribution in [0.5, 0.6) is 0 Å². The molecule has 0 radical (unpaired) electrons. The van der Waals surface area contributed by atoms with Crippen molar-refractivity contribution in [3.05, 3.63) is 70.7 Å². The number of benzene rings is 1. The maximum absolute atomic E-state index is 4.29. The number of rotatable bonds is 4. The second-order valence-electron chi connectivity index (χ2n) is 4.87. The molecule has 1 unspecified atom stereocenters. The Morgan fingerprint density at radius 1 is 1.14 bits per heavy atom. The van der Waals surface area contributed by atoms with Gasteiger partial charge >= 0.3 is 0 Å². The number of pyridine rings is 2. The zero-order chi connectivity index (χ0) is 14.7. The van der Waals surface area contributed by atoms with Gasteiger partial charge in [-0.2, -0.15) is 0 Å². The molecular formula is C17H16BrN3. The molecule has 21 heavy (non-hydrogen) atoms. The fourth-order valence-electron chi connectivity index (χ4n) is 2.59. The molecule has 0 saturated carbocycles. The maximum atomic E-state index is 4.29. The summed E-state index contributed by atoms with van der Waals surface area (Å²) in [5.74, 6) is 0. The van der Waals surface area contributed by atoms with Crippen LogP contribution >= 0.6 is 15.9 Å². The minimum absolute atomic E-state index is 0.105. The Morgan fingerprint density at radius 2 is 2.05 bits per heavy atom. The highest BCUT2D eigenvalue weighted by molar-refractivity contribution is 9.10. The minimum Gasteiger partial charge on any atom is -0.306 e. The summed E-state index contributed by atoms with van der Waals surface area (Å²) in [6.07, 6.45) is 7.47. The predicted molar refractivity (Wildman–Crippen MR) is 89.2 cm³/mol. The largest absolute Gasteiger partial charge is 0.306 e. The molecule has 0 saturated heterocycles. The SMILES string of the molecule is CCNC(c1cncc(Br)c1)c1cccc2ccncc12. The topological polar surface area (TPSA) is 37.8 Å². The van der Waals surface area contributed by atoms with Crippen LogP contribution in [-0.4, -0.2) is 16.5 Å². The van der Waals surface area contributed by atoms with Crippen molar-refractivity contribution in [2.45, 2.75) is 13.0 Å². The summed E-state index contributed by atoms with van der Waals surface area (Å²) >= 11 is 3.50. The van der Waals surface area contributed by atoms with Crippen LogP contribution in [0.25, 0.3) is 10.8 Å². The molecule has 0 bridgehead atoms. The van der Waals surface area contributed by atoms with Crippen LogP contribution in [0.15, 0.2) is 59.6 Å². The number of hydrogen-bond donors (Lipinski definition) is 1. The van der Waals surface area contributed by atoms with Crippen molar-refractivity contribution < 1.29 is 0 Å². The molecule has 1 aromatic carbocycles. The first-order valence-corrected chi connectivity index (χ1v) is 7.75. The van der Waals surface area contributed by atoms with E-state index in [1.807, 2.05) is 24.7 Å². The number of aromatic nitrogens is 2. The number of nitrogens with one attached hydrogen (secondary N) is 1. The Bertz CT molecular complexity index is 752. The van der Waals surface area contributed by atoms with E-state index >= 15 is 0 Å². The normalized spacial score (nSPS) is 12.5. The van der Waals surface area contributed by atoms with Crippen molar-refractivity contribution in [3.8, 4) is 0 Å². The fourth-order valence-corrected chi connectivity index (χ4v) is 2.97. The smallest absolute Gasteiger partial charge is 0.0598 e. The third-order valence-corrected chi connectivity index (χ3v) is 3.93. The Kier molecular flexibility index (Phi) is 4.27. The van der Waals surface area contributed by atoms with Gasteiger partial charge in [0, 0.05) is 34.6 Å². The molecule has 106 valence electrons. The number of halogens is 1. The predicted octanol–water partition coefficient (Wildman–Crippen LogP) is 4.09. The third-order valence-electron chi connectivity index (χ3n) is 3.50. The average Bonchev–Trinajstić information content (AvgIpc) is 2.52. The Labute approximate surface area is 132 Å². The number of nitrogens with zero attached hydrogens (tertiary/aromatic N) is 2. The van der Waals surface area contributed by atoms with E-state index in [-0.39, 0.29) is 6.04 Å². The molecule has 0 fully saturated rings. The molecule has 2 aromatic heterocycles. The summed E-state index contributed by atoms with van der Waals surface area (Å²) in [5, 5.41) is 5.92. The molecule has 2 heterocycles. The zero-order valence-electron chi connectivity index (χ0n) is 11.8. The molecule has 3 aromatic rings. The molecule has 0 aliphatic heterocycles. The first kappa shape index (κ1) is 14.2. The lowest BCUT2D eigenvalue weighted by Crippen LogP contribution is -2.22. The Morgan fingerprint density at radius 3 is 2.86 bits per heavy atom. The summed E-state index contributed by atoms with van der Waals surface area (Å²) in [4.78, 5) is 8.57. The quantitative estimate of drug-likeness (QED) is 0.776. The minimum atomic E-state index is 0.105. The van der Waals surface area contributed by atoms with Crippen molar-refractivity contribution in [2.24, 2.45) is 0 Å². The summed E-state index contributed by atoms with van der Waals surface area (Å²) in [6.45, 7) is 3.00. The van der Waals surface area contributed by atoms with Crippen molar-refractivity contribution >= 4 is 26.7 Å². The van der Waals surface area contributed by atoms with Crippen molar-refractivity contribution in [1.29, 1.82) is 0 Å². The van der Waals surface area contributed by atoms with Gasteiger partial charge in [-0.05, 0) is 51.1 Å². The Hall–Kier alpha value is -1.78. The van der Waals surface area contributed by atoms with E-state index in [0.717, 1.165) is 16.6 Å². The highest BCUT2D eigenvalue weighted by atomic mass is 79.9. The van der Waals surface area contributed by atoms with Gasteiger partial charge in [-0.25, -0.2) is 0 Å². The summed E-state index contributed by atoms with van der Waals surface area (Å²) in [5.41, 5.74) is 2.37. The van der Waals surface area contributed by atoms with E-state index < -0.39 is 0 Å². The molecule has 4 heteroatoms. The molecule has 1 N–H and O–H groups in total. The van der Waals surface area contributed by atoms with Crippen LogP contribution in [0, 0.1) is 0 Å². The lowest BCUT2D eigenvalue weighted by Gasteiger charge is -2.20. The van der Waals surface area contributed by atoms with Gasteiger partial charge in [-0.15, -0.1) is 0 Å². The van der Waals surface area contributed by atoms with Crippen LogP contribution in [0.4, 0.5) is 0 Å². The molecule has 0 aliphatic rings.